The largest absolute Gasteiger partial charge is 0.494 e. The molecule has 4 rings (SSSR count). The monoisotopic (exact) mass is 582 g/mol. The van der Waals surface area contributed by atoms with Gasteiger partial charge in [-0.05, 0) is 92.9 Å². The van der Waals surface area contributed by atoms with Gasteiger partial charge in [-0.1, -0.05) is 54.6 Å². The lowest BCUT2D eigenvalue weighted by Crippen LogP contribution is -2.55. The molecule has 8 nitrogen and oxygen atoms in total. The van der Waals surface area contributed by atoms with Crippen LogP contribution in [0.15, 0.2) is 103 Å². The second-order valence-corrected chi connectivity index (χ2v) is 9.79. The van der Waals surface area contributed by atoms with Crippen LogP contribution < -0.4 is 19.6 Å². The van der Waals surface area contributed by atoms with Crippen LogP contribution in [-0.2, 0) is 10.4 Å². The number of hydrazine groups is 1. The summed E-state index contributed by atoms with van der Waals surface area (Å²) in [4.78, 5) is 28.1. The zero-order valence-corrected chi connectivity index (χ0v) is 24.9. The number of nitrogens with one attached hydrogen (secondary N) is 1. The van der Waals surface area contributed by atoms with Crippen molar-refractivity contribution in [2.24, 2.45) is 0 Å². The maximum Gasteiger partial charge on any atom is 0.279 e. The standard InChI is InChI=1S/C35H38N2O6/c1-5-41-30-19-13-26(14-20-30)25(4)37(33(38)27-11-9-8-10-12-27)36-34(39)35(40,28-15-21-31(22-16-28)42-6-2)29-17-23-32(24-18-29)43-7-3/h8-25,40H,5-7H2,1-4H3,(H,36,39)/t25-/m1/s1. The highest BCUT2D eigenvalue weighted by Gasteiger charge is 2.42. The summed E-state index contributed by atoms with van der Waals surface area (Å²) in [7, 11) is 0. The Morgan fingerprint density at radius 1 is 0.698 bits per heavy atom. The van der Waals surface area contributed by atoms with Gasteiger partial charge in [-0.3, -0.25) is 15.0 Å². The minimum absolute atomic E-state index is 0.304. The first-order chi connectivity index (χ1) is 20.8. The summed E-state index contributed by atoms with van der Waals surface area (Å²) in [5.41, 5.74) is 2.36. The predicted molar refractivity (Wildman–Crippen MR) is 165 cm³/mol. The van der Waals surface area contributed by atoms with E-state index in [-0.39, 0.29) is 0 Å². The first kappa shape index (κ1) is 31.1. The summed E-state index contributed by atoms with van der Waals surface area (Å²) in [6, 6.07) is 28.7. The number of hydrogen-bond acceptors (Lipinski definition) is 6. The van der Waals surface area contributed by atoms with Crippen LogP contribution >= 0.6 is 0 Å². The fourth-order valence-corrected chi connectivity index (χ4v) is 4.74. The number of carbonyl (C=O) groups excluding carboxylic acids is 2. The van der Waals surface area contributed by atoms with Gasteiger partial charge >= 0.3 is 0 Å². The Hall–Kier alpha value is -4.82. The lowest BCUT2D eigenvalue weighted by molar-refractivity contribution is -0.141. The van der Waals surface area contributed by atoms with E-state index in [2.05, 4.69) is 5.43 Å². The first-order valence-corrected chi connectivity index (χ1v) is 14.4. The minimum atomic E-state index is -2.16. The highest BCUT2D eigenvalue weighted by Crippen LogP contribution is 2.33. The molecule has 0 saturated heterocycles. The molecule has 0 fully saturated rings. The molecule has 0 aromatic heterocycles. The number of aliphatic hydroxyl groups is 1. The molecule has 0 radical (unpaired) electrons. The summed E-state index contributed by atoms with van der Waals surface area (Å²) < 4.78 is 16.7. The van der Waals surface area contributed by atoms with E-state index in [1.807, 2.05) is 58.0 Å². The molecule has 2 amide bonds. The van der Waals surface area contributed by atoms with Crippen molar-refractivity contribution in [2.75, 3.05) is 19.8 Å². The van der Waals surface area contributed by atoms with Crippen LogP contribution in [0.1, 0.15) is 60.8 Å². The van der Waals surface area contributed by atoms with Gasteiger partial charge in [0.05, 0.1) is 25.9 Å². The molecule has 0 aliphatic heterocycles. The van der Waals surface area contributed by atoms with Crippen molar-refractivity contribution in [3.63, 3.8) is 0 Å². The zero-order chi connectivity index (χ0) is 30.8. The van der Waals surface area contributed by atoms with Crippen LogP contribution in [0.25, 0.3) is 0 Å². The molecule has 0 aliphatic carbocycles. The number of benzene rings is 4. The minimum Gasteiger partial charge on any atom is -0.494 e. The van der Waals surface area contributed by atoms with Gasteiger partial charge in [-0.25, -0.2) is 5.01 Å². The van der Waals surface area contributed by atoms with Crippen LogP contribution in [0.2, 0.25) is 0 Å². The quantitative estimate of drug-likeness (QED) is 0.197. The Kier molecular flexibility index (Phi) is 10.4. The molecular formula is C35H38N2O6. The summed E-state index contributed by atoms with van der Waals surface area (Å²) in [6.45, 7) is 8.94. The molecule has 43 heavy (non-hydrogen) atoms. The van der Waals surface area contributed by atoms with Gasteiger partial charge in [0.15, 0.2) is 5.60 Å². The zero-order valence-electron chi connectivity index (χ0n) is 24.9. The van der Waals surface area contributed by atoms with Crippen LogP contribution in [-0.4, -0.2) is 41.8 Å². The van der Waals surface area contributed by atoms with E-state index < -0.39 is 23.5 Å². The molecule has 8 heteroatoms. The maximum absolute atomic E-state index is 14.3. The van der Waals surface area contributed by atoms with Gasteiger partial charge in [0.25, 0.3) is 11.8 Å². The van der Waals surface area contributed by atoms with Crippen molar-refractivity contribution in [3.8, 4) is 17.2 Å². The van der Waals surface area contributed by atoms with Gasteiger partial charge in [-0.2, -0.15) is 0 Å². The van der Waals surface area contributed by atoms with Crippen molar-refractivity contribution in [3.05, 3.63) is 125 Å². The average Bonchev–Trinajstić information content (AvgIpc) is 3.04. The number of ether oxygens (including phenoxy) is 3. The number of carbonyl (C=O) groups is 2. The molecule has 0 aliphatic rings. The van der Waals surface area contributed by atoms with Gasteiger partial charge in [0.1, 0.15) is 17.2 Å². The Balaban J connectivity index is 1.76. The highest BCUT2D eigenvalue weighted by molar-refractivity contribution is 5.97. The Labute approximate surface area is 252 Å². The van der Waals surface area contributed by atoms with Crippen molar-refractivity contribution in [2.45, 2.75) is 39.3 Å². The molecule has 0 bridgehead atoms. The second-order valence-electron chi connectivity index (χ2n) is 9.79. The van der Waals surface area contributed by atoms with Crippen molar-refractivity contribution in [1.82, 2.24) is 10.4 Å². The Bertz CT molecular complexity index is 1420. The molecule has 1 atom stereocenters. The fourth-order valence-electron chi connectivity index (χ4n) is 4.74. The van der Waals surface area contributed by atoms with Gasteiger partial charge in [0, 0.05) is 5.56 Å². The van der Waals surface area contributed by atoms with Crippen LogP contribution in [0.5, 0.6) is 17.2 Å². The molecule has 0 heterocycles. The van der Waals surface area contributed by atoms with Crippen molar-refractivity contribution in [1.29, 1.82) is 0 Å². The van der Waals surface area contributed by atoms with E-state index in [0.717, 1.165) is 5.56 Å². The van der Waals surface area contributed by atoms with Crippen LogP contribution in [0.4, 0.5) is 0 Å². The van der Waals surface area contributed by atoms with E-state index in [0.29, 0.717) is 53.8 Å². The molecule has 0 spiro atoms. The lowest BCUT2D eigenvalue weighted by Gasteiger charge is -2.35. The molecule has 4 aromatic rings. The van der Waals surface area contributed by atoms with Crippen molar-refractivity contribution >= 4 is 11.8 Å². The van der Waals surface area contributed by atoms with E-state index in [1.165, 1.54) is 5.01 Å². The van der Waals surface area contributed by atoms with E-state index in [4.69, 9.17) is 14.2 Å². The predicted octanol–water partition coefficient (Wildman–Crippen LogP) is 6.05. The fraction of sp³-hybridized carbons (Fsp3) is 0.257. The number of hydrogen-bond donors (Lipinski definition) is 2. The van der Waals surface area contributed by atoms with Gasteiger partial charge in [-0.15, -0.1) is 0 Å². The second kappa shape index (κ2) is 14.4. The van der Waals surface area contributed by atoms with E-state index in [9.17, 15) is 14.7 Å². The third kappa shape index (κ3) is 7.16. The third-order valence-electron chi connectivity index (χ3n) is 7.02. The Morgan fingerprint density at radius 2 is 1.12 bits per heavy atom. The summed E-state index contributed by atoms with van der Waals surface area (Å²) >= 11 is 0. The van der Waals surface area contributed by atoms with Gasteiger partial charge in [0.2, 0.25) is 0 Å². The topological polar surface area (TPSA) is 97.3 Å². The highest BCUT2D eigenvalue weighted by atomic mass is 16.5. The summed E-state index contributed by atoms with van der Waals surface area (Å²) in [5.74, 6) is 0.666. The van der Waals surface area contributed by atoms with Crippen molar-refractivity contribution < 1.29 is 28.9 Å². The normalized spacial score (nSPS) is 11.7. The number of rotatable bonds is 12. The van der Waals surface area contributed by atoms with E-state index >= 15 is 0 Å². The van der Waals surface area contributed by atoms with Crippen LogP contribution in [0.3, 0.4) is 0 Å². The van der Waals surface area contributed by atoms with E-state index in [1.54, 1.807) is 72.8 Å². The number of nitrogens with zero attached hydrogens (tertiary/aromatic N) is 1. The molecule has 2 N–H and O–H groups in total. The van der Waals surface area contributed by atoms with Gasteiger partial charge < -0.3 is 19.3 Å². The molecule has 0 unspecified atom stereocenters. The number of amides is 2. The lowest BCUT2D eigenvalue weighted by atomic mass is 9.85. The maximum atomic E-state index is 14.3. The smallest absolute Gasteiger partial charge is 0.279 e. The van der Waals surface area contributed by atoms with Crippen LogP contribution in [0, 0.1) is 0 Å². The Morgan fingerprint density at radius 3 is 1.53 bits per heavy atom. The molecular weight excluding hydrogens is 544 g/mol. The first-order valence-electron chi connectivity index (χ1n) is 14.4. The summed E-state index contributed by atoms with van der Waals surface area (Å²) in [5, 5.41) is 13.5. The molecule has 224 valence electrons. The molecule has 0 saturated carbocycles. The molecule has 4 aromatic carbocycles. The SMILES string of the molecule is CCOc1ccc([C@@H](C)N(NC(=O)C(O)(c2ccc(OCC)cc2)c2ccc(OCC)cc2)C(=O)c2ccccc2)cc1. The average molecular weight is 583 g/mol. The third-order valence-corrected chi connectivity index (χ3v) is 7.02. The summed E-state index contributed by atoms with van der Waals surface area (Å²) in [6.07, 6.45) is 0.